The van der Waals surface area contributed by atoms with Crippen LogP contribution in [0.1, 0.15) is 43.7 Å². The number of nitrogens with one attached hydrogen (secondary N) is 1. The Kier molecular flexibility index (Phi) is 4.59. The van der Waals surface area contributed by atoms with E-state index in [1.165, 1.54) is 11.1 Å². The van der Waals surface area contributed by atoms with E-state index in [1.807, 2.05) is 19.9 Å². The van der Waals surface area contributed by atoms with Crippen LogP contribution in [0, 0.1) is 5.92 Å². The first-order valence-corrected chi connectivity index (χ1v) is 7.09. The zero-order valence-electron chi connectivity index (χ0n) is 11.7. The number of carbonyl (C=O) groups excluding carboxylic acids is 1. The topological polar surface area (TPSA) is 49.3 Å². The Morgan fingerprint density at radius 1 is 1.42 bits per heavy atom. The highest BCUT2D eigenvalue weighted by Gasteiger charge is 2.25. The molecule has 104 valence electrons. The fourth-order valence-corrected chi connectivity index (χ4v) is 2.69. The molecule has 0 heterocycles. The van der Waals surface area contributed by atoms with Crippen LogP contribution < -0.4 is 5.32 Å². The summed E-state index contributed by atoms with van der Waals surface area (Å²) in [6, 6.07) is 8.43. The van der Waals surface area contributed by atoms with E-state index in [9.17, 15) is 4.79 Å². The molecule has 2 N–H and O–H groups in total. The van der Waals surface area contributed by atoms with Crippen LogP contribution in [0.3, 0.4) is 0 Å². The van der Waals surface area contributed by atoms with Crippen molar-refractivity contribution in [1.29, 1.82) is 0 Å². The van der Waals surface area contributed by atoms with E-state index in [0.717, 1.165) is 12.8 Å². The van der Waals surface area contributed by atoms with Gasteiger partial charge in [0.2, 0.25) is 5.91 Å². The molecule has 0 saturated heterocycles. The number of hydrogen-bond donors (Lipinski definition) is 2. The monoisotopic (exact) mass is 261 g/mol. The second kappa shape index (κ2) is 6.20. The van der Waals surface area contributed by atoms with E-state index in [-0.39, 0.29) is 24.5 Å². The van der Waals surface area contributed by atoms with Gasteiger partial charge in [0.25, 0.3) is 0 Å². The maximum absolute atomic E-state index is 12.0. The standard InChI is InChI=1S/C16H23NO2/c1-11(10-18)12(2)17-16(19)9-14-8-7-13-5-3-4-6-15(13)14/h3-6,11-12,14,18H,7-10H2,1-2H3,(H,17,19). The smallest absolute Gasteiger partial charge is 0.220 e. The number of aliphatic hydroxyl groups is 1. The summed E-state index contributed by atoms with van der Waals surface area (Å²) < 4.78 is 0. The number of benzene rings is 1. The summed E-state index contributed by atoms with van der Waals surface area (Å²) in [6.45, 7) is 3.99. The fraction of sp³-hybridized carbons (Fsp3) is 0.562. The third-order valence-electron chi connectivity index (χ3n) is 4.22. The molecule has 2 rings (SSSR count). The van der Waals surface area contributed by atoms with Gasteiger partial charge < -0.3 is 10.4 Å². The number of hydrogen-bond acceptors (Lipinski definition) is 2. The van der Waals surface area contributed by atoms with Crippen molar-refractivity contribution >= 4 is 5.91 Å². The first kappa shape index (κ1) is 14.1. The van der Waals surface area contributed by atoms with Gasteiger partial charge in [-0.1, -0.05) is 31.2 Å². The molecule has 3 heteroatoms. The lowest BCUT2D eigenvalue weighted by Crippen LogP contribution is -2.38. The van der Waals surface area contributed by atoms with Gasteiger partial charge in [0, 0.05) is 19.1 Å². The van der Waals surface area contributed by atoms with E-state index in [1.54, 1.807) is 0 Å². The number of aryl methyl sites for hydroxylation is 1. The van der Waals surface area contributed by atoms with Crippen LogP contribution in [-0.2, 0) is 11.2 Å². The molecule has 0 spiro atoms. The molecule has 1 aromatic carbocycles. The molecule has 1 aliphatic rings. The number of carbonyl (C=O) groups is 1. The van der Waals surface area contributed by atoms with Gasteiger partial charge >= 0.3 is 0 Å². The van der Waals surface area contributed by atoms with Crippen LogP contribution in [0.25, 0.3) is 0 Å². The minimum Gasteiger partial charge on any atom is -0.396 e. The SMILES string of the molecule is CC(CO)C(C)NC(=O)CC1CCc2ccccc21. The van der Waals surface area contributed by atoms with Crippen molar-refractivity contribution in [1.82, 2.24) is 5.32 Å². The predicted molar refractivity (Wildman–Crippen MR) is 76.0 cm³/mol. The first-order chi connectivity index (χ1) is 9.11. The van der Waals surface area contributed by atoms with E-state index in [4.69, 9.17) is 5.11 Å². The second-order valence-corrected chi connectivity index (χ2v) is 5.65. The minimum absolute atomic E-state index is 0.0224. The molecule has 0 aliphatic heterocycles. The van der Waals surface area contributed by atoms with Gasteiger partial charge in [-0.25, -0.2) is 0 Å². The van der Waals surface area contributed by atoms with Gasteiger partial charge in [0.05, 0.1) is 0 Å². The van der Waals surface area contributed by atoms with Crippen molar-refractivity contribution in [3.8, 4) is 0 Å². The van der Waals surface area contributed by atoms with Crippen molar-refractivity contribution in [2.45, 2.75) is 45.1 Å². The average molecular weight is 261 g/mol. The van der Waals surface area contributed by atoms with Crippen LogP contribution in [0.2, 0.25) is 0 Å². The molecule has 3 atom stereocenters. The van der Waals surface area contributed by atoms with E-state index >= 15 is 0 Å². The van der Waals surface area contributed by atoms with Crippen molar-refractivity contribution in [3.63, 3.8) is 0 Å². The van der Waals surface area contributed by atoms with Gasteiger partial charge in [-0.2, -0.15) is 0 Å². The van der Waals surface area contributed by atoms with Gasteiger partial charge in [0.15, 0.2) is 0 Å². The predicted octanol–water partition coefficient (Wildman–Crippen LogP) is 2.24. The molecule has 0 aromatic heterocycles. The molecule has 0 saturated carbocycles. The summed E-state index contributed by atoms with van der Waals surface area (Å²) in [4.78, 5) is 12.0. The summed E-state index contributed by atoms with van der Waals surface area (Å²) in [5, 5.41) is 12.1. The Hall–Kier alpha value is -1.35. The second-order valence-electron chi connectivity index (χ2n) is 5.65. The lowest BCUT2D eigenvalue weighted by atomic mass is 9.97. The largest absolute Gasteiger partial charge is 0.396 e. The highest BCUT2D eigenvalue weighted by atomic mass is 16.3. The molecule has 0 fully saturated rings. The summed E-state index contributed by atoms with van der Waals surface area (Å²) in [7, 11) is 0. The molecule has 1 aliphatic carbocycles. The molecule has 19 heavy (non-hydrogen) atoms. The van der Waals surface area contributed by atoms with Crippen LogP contribution in [0.15, 0.2) is 24.3 Å². The fourth-order valence-electron chi connectivity index (χ4n) is 2.69. The van der Waals surface area contributed by atoms with Crippen LogP contribution in [0.4, 0.5) is 0 Å². The maximum Gasteiger partial charge on any atom is 0.220 e. The molecule has 3 nitrogen and oxygen atoms in total. The number of fused-ring (bicyclic) bond motifs is 1. The van der Waals surface area contributed by atoms with Crippen molar-refractivity contribution in [2.75, 3.05) is 6.61 Å². The highest BCUT2D eigenvalue weighted by Crippen LogP contribution is 2.35. The van der Waals surface area contributed by atoms with E-state index in [2.05, 4.69) is 23.5 Å². The third kappa shape index (κ3) is 3.35. The van der Waals surface area contributed by atoms with Crippen LogP contribution in [-0.4, -0.2) is 23.7 Å². The lowest BCUT2D eigenvalue weighted by molar-refractivity contribution is -0.122. The van der Waals surface area contributed by atoms with Crippen LogP contribution >= 0.6 is 0 Å². The molecule has 1 amide bonds. The summed E-state index contributed by atoms with van der Waals surface area (Å²) >= 11 is 0. The van der Waals surface area contributed by atoms with Crippen molar-refractivity contribution in [3.05, 3.63) is 35.4 Å². The molecule has 0 bridgehead atoms. The minimum atomic E-state index is 0.0224. The van der Waals surface area contributed by atoms with Crippen molar-refractivity contribution in [2.24, 2.45) is 5.92 Å². The zero-order valence-corrected chi connectivity index (χ0v) is 11.7. The Morgan fingerprint density at radius 3 is 2.89 bits per heavy atom. The van der Waals surface area contributed by atoms with E-state index in [0.29, 0.717) is 12.3 Å². The first-order valence-electron chi connectivity index (χ1n) is 7.09. The zero-order chi connectivity index (χ0) is 13.8. The molecular weight excluding hydrogens is 238 g/mol. The number of aliphatic hydroxyl groups excluding tert-OH is 1. The molecular formula is C16H23NO2. The Bertz CT molecular complexity index is 444. The lowest BCUT2D eigenvalue weighted by Gasteiger charge is -2.20. The molecule has 3 unspecified atom stereocenters. The Balaban J connectivity index is 1.91. The Morgan fingerprint density at radius 2 is 2.16 bits per heavy atom. The number of rotatable bonds is 5. The highest BCUT2D eigenvalue weighted by molar-refractivity contribution is 5.77. The van der Waals surface area contributed by atoms with E-state index < -0.39 is 0 Å². The maximum atomic E-state index is 12.0. The quantitative estimate of drug-likeness (QED) is 0.854. The van der Waals surface area contributed by atoms with Gasteiger partial charge in [-0.15, -0.1) is 0 Å². The average Bonchev–Trinajstić information content (AvgIpc) is 2.81. The van der Waals surface area contributed by atoms with Gasteiger partial charge in [0.1, 0.15) is 0 Å². The van der Waals surface area contributed by atoms with Crippen LogP contribution in [0.5, 0.6) is 0 Å². The summed E-state index contributed by atoms with van der Waals surface area (Å²) in [6.07, 6.45) is 2.70. The van der Waals surface area contributed by atoms with Gasteiger partial charge in [-0.05, 0) is 42.7 Å². The Labute approximate surface area is 115 Å². The number of amides is 1. The molecule has 1 aromatic rings. The van der Waals surface area contributed by atoms with Crippen molar-refractivity contribution < 1.29 is 9.90 Å². The summed E-state index contributed by atoms with van der Waals surface area (Å²) in [5.41, 5.74) is 2.72. The molecule has 0 radical (unpaired) electrons. The summed E-state index contributed by atoms with van der Waals surface area (Å²) in [5.74, 6) is 0.544. The van der Waals surface area contributed by atoms with Gasteiger partial charge in [-0.3, -0.25) is 4.79 Å². The third-order valence-corrected chi connectivity index (χ3v) is 4.22. The normalized spacial score (nSPS) is 20.7.